The Hall–Kier alpha value is -1.88. The van der Waals surface area contributed by atoms with Crippen LogP contribution >= 0.6 is 11.3 Å². The second kappa shape index (κ2) is 5.64. The second-order valence-corrected chi connectivity index (χ2v) is 7.34. The third kappa shape index (κ3) is 2.34. The zero-order chi connectivity index (χ0) is 15.9. The van der Waals surface area contributed by atoms with Crippen molar-refractivity contribution in [2.45, 2.75) is 19.3 Å². The van der Waals surface area contributed by atoms with Crippen LogP contribution in [-0.2, 0) is 9.53 Å². The lowest BCUT2D eigenvalue weighted by molar-refractivity contribution is -0.152. The molecule has 23 heavy (non-hydrogen) atoms. The van der Waals surface area contributed by atoms with Gasteiger partial charge in [-0.15, -0.1) is 11.3 Å². The molecule has 2 heterocycles. The highest BCUT2D eigenvalue weighted by Crippen LogP contribution is 2.50. The van der Waals surface area contributed by atoms with Gasteiger partial charge in [0.05, 0.1) is 18.2 Å². The van der Waals surface area contributed by atoms with Crippen LogP contribution in [0.25, 0.3) is 11.3 Å². The summed E-state index contributed by atoms with van der Waals surface area (Å²) in [5, 5.41) is 3.12. The van der Waals surface area contributed by atoms with E-state index in [0.29, 0.717) is 5.92 Å². The summed E-state index contributed by atoms with van der Waals surface area (Å²) in [6.45, 7) is 1.66. The fourth-order valence-electron chi connectivity index (χ4n) is 4.12. The number of thiazole rings is 1. The Bertz CT molecular complexity index is 715. The Morgan fingerprint density at radius 3 is 3.00 bits per heavy atom. The maximum atomic E-state index is 12.4. The monoisotopic (exact) mass is 328 g/mol. The fourth-order valence-corrected chi connectivity index (χ4v) is 4.97. The molecular formula is C18H20N2O2S. The summed E-state index contributed by atoms with van der Waals surface area (Å²) >= 11 is 1.66. The number of anilines is 1. The van der Waals surface area contributed by atoms with Crippen molar-refractivity contribution >= 4 is 22.4 Å². The molecule has 1 saturated heterocycles. The topological polar surface area (TPSA) is 42.4 Å². The molecule has 1 aromatic heterocycles. The fraction of sp³-hybridized carbons (Fsp3) is 0.444. The normalized spacial score (nSPS) is 26.3. The minimum atomic E-state index is -0.312. The van der Waals surface area contributed by atoms with Crippen LogP contribution in [0.4, 0.5) is 5.13 Å². The first-order valence-electron chi connectivity index (χ1n) is 8.07. The third-order valence-electron chi connectivity index (χ3n) is 5.29. The molecular weight excluding hydrogens is 308 g/mol. The van der Waals surface area contributed by atoms with Crippen molar-refractivity contribution in [3.8, 4) is 11.3 Å². The number of hydrogen-bond acceptors (Lipinski definition) is 5. The summed E-state index contributed by atoms with van der Waals surface area (Å²) < 4.78 is 5.11. The van der Waals surface area contributed by atoms with Crippen molar-refractivity contribution in [3.05, 3.63) is 35.7 Å². The van der Waals surface area contributed by atoms with Gasteiger partial charge in [0, 0.05) is 24.0 Å². The van der Waals surface area contributed by atoms with Gasteiger partial charge in [-0.2, -0.15) is 0 Å². The van der Waals surface area contributed by atoms with Crippen molar-refractivity contribution in [1.82, 2.24) is 4.98 Å². The van der Waals surface area contributed by atoms with E-state index in [0.717, 1.165) is 48.7 Å². The van der Waals surface area contributed by atoms with E-state index in [1.54, 1.807) is 11.3 Å². The first-order valence-corrected chi connectivity index (χ1v) is 8.95. The molecule has 1 aliphatic heterocycles. The number of fused-ring (bicyclic) bond motifs is 1. The van der Waals surface area contributed by atoms with Gasteiger partial charge >= 0.3 is 5.97 Å². The number of nitrogens with zero attached hydrogens (tertiary/aromatic N) is 2. The molecule has 2 atom stereocenters. The molecule has 1 saturated carbocycles. The van der Waals surface area contributed by atoms with Crippen molar-refractivity contribution in [1.29, 1.82) is 0 Å². The number of ether oxygens (including phenoxy) is 1. The molecule has 0 radical (unpaired) electrons. The maximum absolute atomic E-state index is 12.4. The molecule has 0 N–H and O–H groups in total. The summed E-state index contributed by atoms with van der Waals surface area (Å²) in [5.74, 6) is 0.362. The van der Waals surface area contributed by atoms with Gasteiger partial charge in [0.1, 0.15) is 0 Å². The summed E-state index contributed by atoms with van der Waals surface area (Å²) in [5.41, 5.74) is 1.83. The van der Waals surface area contributed by atoms with E-state index >= 15 is 0 Å². The van der Waals surface area contributed by atoms with Crippen LogP contribution in [0.1, 0.15) is 19.3 Å². The summed E-state index contributed by atoms with van der Waals surface area (Å²) in [6.07, 6.45) is 3.18. The van der Waals surface area contributed by atoms with Crippen LogP contribution in [0.3, 0.4) is 0 Å². The van der Waals surface area contributed by atoms with Crippen molar-refractivity contribution in [2.75, 3.05) is 25.1 Å². The lowest BCUT2D eigenvalue weighted by Gasteiger charge is -2.25. The molecule has 0 bridgehead atoms. The Balaban J connectivity index is 1.59. The van der Waals surface area contributed by atoms with E-state index in [9.17, 15) is 4.79 Å². The molecule has 0 spiro atoms. The highest BCUT2D eigenvalue weighted by molar-refractivity contribution is 7.14. The number of methoxy groups -OCH3 is 1. The Labute approximate surface area is 140 Å². The first-order chi connectivity index (χ1) is 11.2. The highest BCUT2D eigenvalue weighted by atomic mass is 32.1. The minimum absolute atomic E-state index is 0.0395. The molecule has 5 heteroatoms. The Morgan fingerprint density at radius 2 is 2.22 bits per heavy atom. The summed E-state index contributed by atoms with van der Waals surface area (Å²) in [7, 11) is 1.51. The van der Waals surface area contributed by atoms with Gasteiger partial charge in [0.15, 0.2) is 5.13 Å². The Kier molecular flexibility index (Phi) is 3.60. The van der Waals surface area contributed by atoms with Crippen molar-refractivity contribution in [3.63, 3.8) is 0 Å². The number of hydrogen-bond donors (Lipinski definition) is 0. The van der Waals surface area contributed by atoms with Gasteiger partial charge in [0.2, 0.25) is 0 Å². The second-order valence-electron chi connectivity index (χ2n) is 6.50. The van der Waals surface area contributed by atoms with E-state index in [2.05, 4.69) is 22.4 Å². The smallest absolute Gasteiger partial charge is 0.313 e. The summed E-state index contributed by atoms with van der Waals surface area (Å²) in [6, 6.07) is 10.2. The van der Waals surface area contributed by atoms with E-state index in [1.807, 2.05) is 18.2 Å². The lowest BCUT2D eigenvalue weighted by atomic mass is 9.81. The van der Waals surface area contributed by atoms with Crippen molar-refractivity contribution < 1.29 is 9.53 Å². The number of rotatable bonds is 3. The van der Waals surface area contributed by atoms with Crippen molar-refractivity contribution in [2.24, 2.45) is 11.3 Å². The van der Waals surface area contributed by atoms with E-state index in [4.69, 9.17) is 9.72 Å². The predicted octanol–water partition coefficient (Wildman–Crippen LogP) is 3.59. The van der Waals surface area contributed by atoms with Gasteiger partial charge in [-0.3, -0.25) is 4.79 Å². The first kappa shape index (κ1) is 14.7. The number of carbonyl (C=O) groups excluding carboxylic acids is 1. The van der Waals surface area contributed by atoms with Gasteiger partial charge < -0.3 is 9.64 Å². The molecule has 2 unspecified atom stereocenters. The quantitative estimate of drug-likeness (QED) is 0.808. The molecule has 0 amide bonds. The predicted molar refractivity (Wildman–Crippen MR) is 91.6 cm³/mol. The number of benzene rings is 1. The lowest BCUT2D eigenvalue weighted by Crippen LogP contribution is -2.36. The average molecular weight is 328 g/mol. The van der Waals surface area contributed by atoms with Gasteiger partial charge in [-0.1, -0.05) is 36.8 Å². The van der Waals surface area contributed by atoms with Crippen LogP contribution in [0.15, 0.2) is 35.7 Å². The molecule has 120 valence electrons. The van der Waals surface area contributed by atoms with Gasteiger partial charge in [-0.05, 0) is 18.8 Å². The standard InChI is InChI=1S/C18H20N2O2S/c1-22-16(21)18-9-5-8-14(18)10-20(12-18)17-19-15(11-23-17)13-6-3-2-4-7-13/h2-4,6-7,11,14H,5,8-10,12H2,1H3. The number of carbonyl (C=O) groups is 1. The van der Waals surface area contributed by atoms with Gasteiger partial charge in [0.25, 0.3) is 0 Å². The van der Waals surface area contributed by atoms with Crippen LogP contribution in [0.2, 0.25) is 0 Å². The SMILES string of the molecule is COC(=O)C12CCCC1CN(c1nc(-c3ccccc3)cs1)C2. The highest BCUT2D eigenvalue weighted by Gasteiger charge is 2.55. The average Bonchev–Trinajstić information content (AvgIpc) is 3.28. The number of aromatic nitrogens is 1. The van der Waals surface area contributed by atoms with E-state index in [1.165, 1.54) is 7.11 Å². The Morgan fingerprint density at radius 1 is 1.39 bits per heavy atom. The van der Waals surface area contributed by atoms with Crippen LogP contribution < -0.4 is 4.90 Å². The van der Waals surface area contributed by atoms with Crippen LogP contribution in [-0.4, -0.2) is 31.2 Å². The molecule has 2 fully saturated rings. The zero-order valence-electron chi connectivity index (χ0n) is 13.2. The number of esters is 1. The minimum Gasteiger partial charge on any atom is -0.469 e. The molecule has 1 aliphatic carbocycles. The van der Waals surface area contributed by atoms with Gasteiger partial charge in [-0.25, -0.2) is 4.98 Å². The van der Waals surface area contributed by atoms with E-state index in [-0.39, 0.29) is 11.4 Å². The molecule has 2 aromatic rings. The molecule has 4 nitrogen and oxygen atoms in total. The van der Waals surface area contributed by atoms with Crippen LogP contribution in [0.5, 0.6) is 0 Å². The maximum Gasteiger partial charge on any atom is 0.313 e. The third-order valence-corrected chi connectivity index (χ3v) is 6.20. The molecule has 2 aliphatic rings. The zero-order valence-corrected chi connectivity index (χ0v) is 14.0. The largest absolute Gasteiger partial charge is 0.469 e. The van der Waals surface area contributed by atoms with Crippen LogP contribution in [0, 0.1) is 11.3 Å². The molecule has 1 aromatic carbocycles. The van der Waals surface area contributed by atoms with E-state index < -0.39 is 0 Å². The molecule has 4 rings (SSSR count). The summed E-state index contributed by atoms with van der Waals surface area (Å²) in [4.78, 5) is 19.4.